The molecule has 0 spiro atoms. The normalized spacial score (nSPS) is 11.1. The van der Waals surface area contributed by atoms with Gasteiger partial charge in [-0.05, 0) is 54.1 Å². The smallest absolute Gasteiger partial charge is 0.267 e. The van der Waals surface area contributed by atoms with E-state index in [0.29, 0.717) is 27.2 Å². The van der Waals surface area contributed by atoms with Crippen LogP contribution in [0.25, 0.3) is 22.2 Å². The highest BCUT2D eigenvalue weighted by Crippen LogP contribution is 2.25. The van der Waals surface area contributed by atoms with E-state index in [1.807, 2.05) is 24.3 Å². The first-order chi connectivity index (χ1) is 14.1. The van der Waals surface area contributed by atoms with Crippen molar-refractivity contribution in [3.8, 4) is 11.3 Å². The molecule has 0 radical (unpaired) electrons. The minimum Gasteiger partial charge on any atom is -0.267 e. The molecule has 0 aliphatic rings. The Morgan fingerprint density at radius 2 is 1.72 bits per heavy atom. The van der Waals surface area contributed by atoms with E-state index in [-0.39, 0.29) is 11.7 Å². The highest BCUT2D eigenvalue weighted by atomic mass is 35.5. The van der Waals surface area contributed by atoms with Crippen molar-refractivity contribution < 1.29 is 9.18 Å². The number of fused-ring (bicyclic) bond motifs is 1. The number of nitrogens with one attached hydrogen (secondary N) is 1. The summed E-state index contributed by atoms with van der Waals surface area (Å²) < 4.78 is 13.3. The Morgan fingerprint density at radius 1 is 1.00 bits per heavy atom. The molecule has 0 aliphatic heterocycles. The topological polar surface area (TPSA) is 54.4 Å². The maximum atomic E-state index is 13.3. The highest BCUT2D eigenvalue weighted by molar-refractivity contribution is 6.30. The van der Waals surface area contributed by atoms with Gasteiger partial charge in [-0.3, -0.25) is 4.79 Å². The Morgan fingerprint density at radius 3 is 2.48 bits per heavy atom. The summed E-state index contributed by atoms with van der Waals surface area (Å²) in [6, 6.07) is 22.1. The first-order valence-electron chi connectivity index (χ1n) is 8.85. The van der Waals surface area contributed by atoms with E-state index < -0.39 is 0 Å². The SMILES string of the molecule is O=C(NN=Cc1ccc(Cl)cc1)c1cc(-c2ccc(F)cc2)nc2ccccc12. The van der Waals surface area contributed by atoms with Gasteiger partial charge >= 0.3 is 0 Å². The second-order valence-corrected chi connectivity index (χ2v) is 6.77. The molecular formula is C23H15ClFN3O. The van der Waals surface area contributed by atoms with Crippen molar-refractivity contribution >= 4 is 34.6 Å². The van der Waals surface area contributed by atoms with Crippen LogP contribution in [0.15, 0.2) is 84.0 Å². The van der Waals surface area contributed by atoms with Crippen molar-refractivity contribution in [2.24, 2.45) is 5.10 Å². The highest BCUT2D eigenvalue weighted by Gasteiger charge is 2.13. The lowest BCUT2D eigenvalue weighted by Gasteiger charge is -2.09. The maximum Gasteiger partial charge on any atom is 0.272 e. The molecule has 0 atom stereocenters. The fraction of sp³-hybridized carbons (Fsp3) is 0. The molecule has 4 rings (SSSR count). The Labute approximate surface area is 171 Å². The third kappa shape index (κ3) is 4.31. The summed E-state index contributed by atoms with van der Waals surface area (Å²) in [6.45, 7) is 0. The van der Waals surface area contributed by atoms with Crippen LogP contribution in [0.2, 0.25) is 5.02 Å². The summed E-state index contributed by atoms with van der Waals surface area (Å²) in [5.41, 5.74) is 5.76. The van der Waals surface area contributed by atoms with E-state index in [0.717, 1.165) is 11.1 Å². The molecule has 0 saturated carbocycles. The van der Waals surface area contributed by atoms with Crippen LogP contribution in [0.3, 0.4) is 0 Å². The Bertz CT molecular complexity index is 1210. The van der Waals surface area contributed by atoms with Crippen LogP contribution >= 0.6 is 11.6 Å². The second kappa shape index (κ2) is 8.20. The minimum absolute atomic E-state index is 0.330. The zero-order valence-corrected chi connectivity index (χ0v) is 15.9. The summed E-state index contributed by atoms with van der Waals surface area (Å²) in [6.07, 6.45) is 1.54. The quantitative estimate of drug-likeness (QED) is 0.363. The van der Waals surface area contributed by atoms with Gasteiger partial charge in [0.05, 0.1) is 23.0 Å². The van der Waals surface area contributed by atoms with Crippen molar-refractivity contribution in [2.75, 3.05) is 0 Å². The van der Waals surface area contributed by atoms with Crippen LogP contribution in [0.1, 0.15) is 15.9 Å². The van der Waals surface area contributed by atoms with Crippen LogP contribution in [0, 0.1) is 5.82 Å². The number of halogens is 2. The van der Waals surface area contributed by atoms with Crippen molar-refractivity contribution in [3.05, 3.63) is 101 Å². The van der Waals surface area contributed by atoms with E-state index in [2.05, 4.69) is 15.5 Å². The Balaban J connectivity index is 1.67. The molecule has 1 heterocycles. The lowest BCUT2D eigenvalue weighted by atomic mass is 10.0. The predicted octanol–water partition coefficient (Wildman–Crippen LogP) is 5.46. The van der Waals surface area contributed by atoms with E-state index in [1.165, 1.54) is 12.1 Å². The zero-order chi connectivity index (χ0) is 20.2. The van der Waals surface area contributed by atoms with Gasteiger partial charge in [-0.25, -0.2) is 14.8 Å². The fourth-order valence-corrected chi connectivity index (χ4v) is 3.03. The van der Waals surface area contributed by atoms with Gasteiger partial charge in [0.25, 0.3) is 5.91 Å². The van der Waals surface area contributed by atoms with Crippen LogP contribution < -0.4 is 5.43 Å². The largest absolute Gasteiger partial charge is 0.272 e. The number of para-hydroxylation sites is 1. The molecule has 4 aromatic rings. The van der Waals surface area contributed by atoms with E-state index >= 15 is 0 Å². The molecule has 0 saturated heterocycles. The summed E-state index contributed by atoms with van der Waals surface area (Å²) in [4.78, 5) is 17.4. The second-order valence-electron chi connectivity index (χ2n) is 6.33. The number of rotatable bonds is 4. The maximum absolute atomic E-state index is 13.3. The van der Waals surface area contributed by atoms with E-state index in [4.69, 9.17) is 11.6 Å². The minimum atomic E-state index is -0.364. The Kier molecular flexibility index (Phi) is 5.31. The number of carbonyl (C=O) groups excluding carboxylic acids is 1. The number of carbonyl (C=O) groups is 1. The van der Waals surface area contributed by atoms with Crippen molar-refractivity contribution in [1.29, 1.82) is 0 Å². The van der Waals surface area contributed by atoms with Gasteiger partial charge in [0, 0.05) is 16.0 Å². The van der Waals surface area contributed by atoms with E-state index in [1.54, 1.807) is 48.7 Å². The standard InChI is InChI=1S/C23H15ClFN3O/c24-17-9-5-15(6-10-17)14-26-28-23(29)20-13-22(16-7-11-18(25)12-8-16)27-21-4-2-1-3-19(20)21/h1-14H,(H,28,29). The Hall–Kier alpha value is -3.57. The van der Waals surface area contributed by atoms with Crippen LogP contribution in [0.5, 0.6) is 0 Å². The van der Waals surface area contributed by atoms with Gasteiger partial charge in [0.15, 0.2) is 0 Å². The van der Waals surface area contributed by atoms with Gasteiger partial charge in [-0.2, -0.15) is 5.10 Å². The number of hydrazone groups is 1. The zero-order valence-electron chi connectivity index (χ0n) is 15.1. The molecule has 29 heavy (non-hydrogen) atoms. The fourth-order valence-electron chi connectivity index (χ4n) is 2.91. The van der Waals surface area contributed by atoms with Crippen molar-refractivity contribution in [2.45, 2.75) is 0 Å². The third-order valence-corrected chi connectivity index (χ3v) is 4.60. The molecule has 0 bridgehead atoms. The van der Waals surface area contributed by atoms with Crippen molar-refractivity contribution in [1.82, 2.24) is 10.4 Å². The molecule has 0 unspecified atom stereocenters. The summed E-state index contributed by atoms with van der Waals surface area (Å²) in [5.74, 6) is -0.693. The number of amides is 1. The molecule has 1 amide bonds. The monoisotopic (exact) mass is 403 g/mol. The van der Waals surface area contributed by atoms with Crippen LogP contribution in [-0.2, 0) is 0 Å². The number of nitrogens with zero attached hydrogens (tertiary/aromatic N) is 2. The molecule has 1 N–H and O–H groups in total. The van der Waals surface area contributed by atoms with Gasteiger partial charge in [-0.1, -0.05) is 41.9 Å². The molecule has 1 aromatic heterocycles. The third-order valence-electron chi connectivity index (χ3n) is 4.35. The van der Waals surface area contributed by atoms with Crippen LogP contribution in [-0.4, -0.2) is 17.1 Å². The number of pyridine rings is 1. The average Bonchev–Trinajstić information content (AvgIpc) is 2.75. The first-order valence-corrected chi connectivity index (χ1v) is 9.23. The molecule has 4 nitrogen and oxygen atoms in total. The van der Waals surface area contributed by atoms with Crippen LogP contribution in [0.4, 0.5) is 4.39 Å². The summed E-state index contributed by atoms with van der Waals surface area (Å²) >= 11 is 5.86. The number of hydrogen-bond donors (Lipinski definition) is 1. The lowest BCUT2D eigenvalue weighted by Crippen LogP contribution is -2.18. The predicted molar refractivity (Wildman–Crippen MR) is 114 cm³/mol. The van der Waals surface area contributed by atoms with Gasteiger partial charge in [-0.15, -0.1) is 0 Å². The number of aromatic nitrogens is 1. The van der Waals surface area contributed by atoms with E-state index in [9.17, 15) is 9.18 Å². The summed E-state index contributed by atoms with van der Waals surface area (Å²) in [7, 11) is 0. The van der Waals surface area contributed by atoms with Gasteiger partial charge in [0.1, 0.15) is 5.82 Å². The van der Waals surface area contributed by atoms with Gasteiger partial charge < -0.3 is 0 Å². The molecule has 142 valence electrons. The van der Waals surface area contributed by atoms with Crippen molar-refractivity contribution in [3.63, 3.8) is 0 Å². The number of hydrogen-bond acceptors (Lipinski definition) is 3. The lowest BCUT2D eigenvalue weighted by molar-refractivity contribution is 0.0956. The molecule has 6 heteroatoms. The molecule has 3 aromatic carbocycles. The molecule has 0 aliphatic carbocycles. The number of benzene rings is 3. The first kappa shape index (κ1) is 18.8. The average molecular weight is 404 g/mol. The molecular weight excluding hydrogens is 389 g/mol. The van der Waals surface area contributed by atoms with Gasteiger partial charge in [0.2, 0.25) is 0 Å². The molecule has 0 fully saturated rings. The summed E-state index contributed by atoms with van der Waals surface area (Å²) in [5, 5.41) is 5.36.